The summed E-state index contributed by atoms with van der Waals surface area (Å²) in [6.07, 6.45) is 0. The van der Waals surface area contributed by atoms with Gasteiger partial charge in [0.2, 0.25) is 0 Å². The van der Waals surface area contributed by atoms with Crippen molar-refractivity contribution in [1.82, 2.24) is 0 Å². The van der Waals surface area contributed by atoms with E-state index in [1.54, 1.807) is 12.1 Å². The highest BCUT2D eigenvalue weighted by Gasteiger charge is 2.12. The van der Waals surface area contributed by atoms with Gasteiger partial charge in [0, 0.05) is 10.0 Å². The van der Waals surface area contributed by atoms with Crippen LogP contribution < -0.4 is 5.32 Å². The summed E-state index contributed by atoms with van der Waals surface area (Å²) < 4.78 is 0.902. The number of hydrogen-bond donors (Lipinski definition) is 2. The van der Waals surface area contributed by atoms with Crippen molar-refractivity contribution in [2.75, 3.05) is 5.32 Å². The van der Waals surface area contributed by atoms with Crippen molar-refractivity contribution in [1.29, 1.82) is 5.26 Å². The van der Waals surface area contributed by atoms with Crippen LogP contribution in [0.5, 0.6) is 5.75 Å². The lowest BCUT2D eigenvalue weighted by Crippen LogP contribution is -2.08. The molecule has 0 radical (unpaired) electrons. The van der Waals surface area contributed by atoms with Crippen LogP contribution in [0.3, 0.4) is 0 Å². The highest BCUT2D eigenvalue weighted by atomic mass is 79.9. The normalized spacial score (nSPS) is 11.7. The van der Waals surface area contributed by atoms with E-state index in [9.17, 15) is 5.11 Å². The fraction of sp³-hybridized carbons (Fsp3) is 0.188. The maximum Gasteiger partial charge on any atom is 0.121 e. The lowest BCUT2D eigenvalue weighted by Gasteiger charge is -2.18. The third kappa shape index (κ3) is 3.12. The van der Waals surface area contributed by atoms with Crippen molar-refractivity contribution in [3.8, 4) is 11.8 Å². The molecule has 2 N–H and O–H groups in total. The van der Waals surface area contributed by atoms with Crippen molar-refractivity contribution >= 4 is 21.6 Å². The lowest BCUT2D eigenvalue weighted by molar-refractivity contribution is 0.465. The van der Waals surface area contributed by atoms with Crippen LogP contribution in [0.4, 0.5) is 5.69 Å². The number of aromatic hydroxyl groups is 1. The fourth-order valence-electron chi connectivity index (χ4n) is 2.06. The molecule has 0 heterocycles. The summed E-state index contributed by atoms with van der Waals surface area (Å²) in [5.74, 6) is 0.263. The summed E-state index contributed by atoms with van der Waals surface area (Å²) in [6, 6.07) is 13.1. The molecule has 0 bridgehead atoms. The van der Waals surface area contributed by atoms with Crippen LogP contribution in [0.2, 0.25) is 0 Å². The third-order valence-electron chi connectivity index (χ3n) is 3.13. The van der Waals surface area contributed by atoms with Gasteiger partial charge in [-0.3, -0.25) is 0 Å². The van der Waals surface area contributed by atoms with Gasteiger partial charge >= 0.3 is 0 Å². The number of benzene rings is 2. The number of phenolic OH excluding ortho intramolecular Hbond substituents is 1. The third-order valence-corrected chi connectivity index (χ3v) is 3.62. The van der Waals surface area contributed by atoms with Gasteiger partial charge in [0.1, 0.15) is 11.8 Å². The predicted octanol–water partition coefficient (Wildman–Crippen LogP) is 4.51. The first-order valence-corrected chi connectivity index (χ1v) is 7.06. The van der Waals surface area contributed by atoms with Crippen LogP contribution in [-0.2, 0) is 0 Å². The number of aryl methyl sites for hydroxylation is 1. The summed E-state index contributed by atoms with van der Waals surface area (Å²) >= 11 is 3.40. The summed E-state index contributed by atoms with van der Waals surface area (Å²) in [4.78, 5) is 0. The standard InChI is InChI=1S/C16H15BrN2O/c1-10-3-6-14(16(20)7-10)11(2)19-15-8-13(17)5-4-12(15)9-18/h3-8,11,19-20H,1-2H3. The summed E-state index contributed by atoms with van der Waals surface area (Å²) in [6.45, 7) is 3.89. The Bertz CT molecular complexity index is 677. The quantitative estimate of drug-likeness (QED) is 0.870. The molecule has 1 atom stereocenters. The number of nitrogens with zero attached hydrogens (tertiary/aromatic N) is 1. The van der Waals surface area contributed by atoms with Crippen LogP contribution in [0.15, 0.2) is 40.9 Å². The monoisotopic (exact) mass is 330 g/mol. The van der Waals surface area contributed by atoms with Gasteiger partial charge in [-0.2, -0.15) is 5.26 Å². The Hall–Kier alpha value is -1.99. The van der Waals surface area contributed by atoms with Crippen molar-refractivity contribution in [2.45, 2.75) is 19.9 Å². The zero-order valence-corrected chi connectivity index (χ0v) is 12.9. The summed E-state index contributed by atoms with van der Waals surface area (Å²) in [5, 5.41) is 22.4. The number of rotatable bonds is 3. The number of halogens is 1. The van der Waals surface area contributed by atoms with E-state index in [2.05, 4.69) is 27.3 Å². The first-order valence-electron chi connectivity index (χ1n) is 6.27. The average molecular weight is 331 g/mol. The van der Waals surface area contributed by atoms with Crippen LogP contribution in [-0.4, -0.2) is 5.11 Å². The van der Waals surface area contributed by atoms with E-state index in [1.807, 2.05) is 38.1 Å². The van der Waals surface area contributed by atoms with Crippen molar-refractivity contribution in [3.05, 3.63) is 57.6 Å². The maximum atomic E-state index is 10.0. The molecule has 102 valence electrons. The molecule has 0 aliphatic heterocycles. The van der Waals surface area contributed by atoms with E-state index < -0.39 is 0 Å². The smallest absolute Gasteiger partial charge is 0.121 e. The van der Waals surface area contributed by atoms with Gasteiger partial charge in [0.05, 0.1) is 17.3 Å². The number of anilines is 1. The molecular weight excluding hydrogens is 316 g/mol. The number of hydrogen-bond acceptors (Lipinski definition) is 3. The van der Waals surface area contributed by atoms with E-state index in [4.69, 9.17) is 5.26 Å². The van der Waals surface area contributed by atoms with E-state index >= 15 is 0 Å². The molecule has 0 saturated carbocycles. The largest absolute Gasteiger partial charge is 0.508 e. The summed E-state index contributed by atoms with van der Waals surface area (Å²) in [7, 11) is 0. The Morgan fingerprint density at radius 2 is 2.00 bits per heavy atom. The molecular formula is C16H15BrN2O. The highest BCUT2D eigenvalue weighted by Crippen LogP contribution is 2.30. The van der Waals surface area contributed by atoms with Crippen LogP contribution in [0.25, 0.3) is 0 Å². The molecule has 0 amide bonds. The van der Waals surface area contributed by atoms with E-state index in [0.717, 1.165) is 21.3 Å². The van der Waals surface area contributed by atoms with Crippen LogP contribution >= 0.6 is 15.9 Å². The van der Waals surface area contributed by atoms with Crippen molar-refractivity contribution in [2.24, 2.45) is 0 Å². The molecule has 0 aromatic heterocycles. The molecule has 0 spiro atoms. The second-order valence-corrected chi connectivity index (χ2v) is 5.65. The molecule has 0 saturated heterocycles. The van der Waals surface area contributed by atoms with Crippen molar-refractivity contribution < 1.29 is 5.11 Å². The molecule has 1 unspecified atom stereocenters. The number of phenols is 1. The molecule has 0 aliphatic rings. The molecule has 2 aromatic rings. The minimum absolute atomic E-state index is 0.100. The molecule has 2 aromatic carbocycles. The Kier molecular flexibility index (Phi) is 4.31. The minimum atomic E-state index is -0.100. The second kappa shape index (κ2) is 5.98. The second-order valence-electron chi connectivity index (χ2n) is 4.73. The molecule has 0 fully saturated rings. The maximum absolute atomic E-state index is 10.0. The SMILES string of the molecule is Cc1ccc(C(C)Nc2cc(Br)ccc2C#N)c(O)c1. The molecule has 3 nitrogen and oxygen atoms in total. The fourth-order valence-corrected chi connectivity index (χ4v) is 2.43. The lowest BCUT2D eigenvalue weighted by atomic mass is 10.0. The molecule has 4 heteroatoms. The van der Waals surface area contributed by atoms with Gasteiger partial charge in [0.15, 0.2) is 0 Å². The zero-order chi connectivity index (χ0) is 14.7. The number of nitriles is 1. The average Bonchev–Trinajstić information content (AvgIpc) is 2.38. The van der Waals surface area contributed by atoms with Crippen LogP contribution in [0, 0.1) is 18.3 Å². The van der Waals surface area contributed by atoms with E-state index in [1.165, 1.54) is 0 Å². The van der Waals surface area contributed by atoms with Gasteiger partial charge in [-0.1, -0.05) is 28.1 Å². The molecule has 0 aliphatic carbocycles. The zero-order valence-electron chi connectivity index (χ0n) is 11.3. The summed E-state index contributed by atoms with van der Waals surface area (Å²) in [5.41, 5.74) is 3.14. The van der Waals surface area contributed by atoms with E-state index in [0.29, 0.717) is 5.56 Å². The van der Waals surface area contributed by atoms with Gasteiger partial charge < -0.3 is 10.4 Å². The molecule has 20 heavy (non-hydrogen) atoms. The number of nitrogens with one attached hydrogen (secondary N) is 1. The van der Waals surface area contributed by atoms with Gasteiger partial charge in [0.25, 0.3) is 0 Å². The highest BCUT2D eigenvalue weighted by molar-refractivity contribution is 9.10. The topological polar surface area (TPSA) is 56.0 Å². The molecule has 2 rings (SSSR count). The Morgan fingerprint density at radius 3 is 2.65 bits per heavy atom. The Labute approximate surface area is 127 Å². The first kappa shape index (κ1) is 14.4. The van der Waals surface area contributed by atoms with Gasteiger partial charge in [-0.15, -0.1) is 0 Å². The Balaban J connectivity index is 2.30. The van der Waals surface area contributed by atoms with Crippen molar-refractivity contribution in [3.63, 3.8) is 0 Å². The minimum Gasteiger partial charge on any atom is -0.508 e. The van der Waals surface area contributed by atoms with Gasteiger partial charge in [-0.25, -0.2) is 0 Å². The van der Waals surface area contributed by atoms with Crippen LogP contribution in [0.1, 0.15) is 29.7 Å². The predicted molar refractivity (Wildman–Crippen MR) is 83.7 cm³/mol. The Morgan fingerprint density at radius 1 is 1.25 bits per heavy atom. The van der Waals surface area contributed by atoms with E-state index in [-0.39, 0.29) is 11.8 Å². The van der Waals surface area contributed by atoms with Gasteiger partial charge in [-0.05, 0) is 43.7 Å². The first-order chi connectivity index (χ1) is 9.51.